The Labute approximate surface area is 174 Å². The molecule has 7 heteroatoms. The summed E-state index contributed by atoms with van der Waals surface area (Å²) in [6, 6.07) is 10.4. The molecule has 1 aromatic carbocycles. The van der Waals surface area contributed by atoms with Gasteiger partial charge in [0.25, 0.3) is 0 Å². The molecule has 28 heavy (non-hydrogen) atoms. The predicted molar refractivity (Wildman–Crippen MR) is 113 cm³/mol. The number of ether oxygens (including phenoxy) is 1. The van der Waals surface area contributed by atoms with E-state index in [0.717, 1.165) is 23.7 Å². The molecule has 3 atom stereocenters. The number of hydrogen-bond acceptors (Lipinski definition) is 5. The molecular formula is C21H27BrN4O2. The summed E-state index contributed by atoms with van der Waals surface area (Å²) >= 11 is 3.36. The summed E-state index contributed by atoms with van der Waals surface area (Å²) in [7, 11) is 0. The number of anilines is 1. The molecule has 0 radical (unpaired) electrons. The largest absolute Gasteiger partial charge is 0.447 e. The highest BCUT2D eigenvalue weighted by Crippen LogP contribution is 2.32. The SMILES string of the molecule is CCC1CC(Nc2ncc(Br)cn2)C(Cc2ccccc2)N1C(=O)OC(C)C. The van der Waals surface area contributed by atoms with Crippen LogP contribution in [-0.2, 0) is 11.2 Å². The zero-order valence-electron chi connectivity index (χ0n) is 16.5. The van der Waals surface area contributed by atoms with E-state index < -0.39 is 0 Å². The zero-order chi connectivity index (χ0) is 20.1. The van der Waals surface area contributed by atoms with E-state index in [1.807, 2.05) is 36.9 Å². The van der Waals surface area contributed by atoms with Crippen LogP contribution in [0.15, 0.2) is 47.2 Å². The van der Waals surface area contributed by atoms with Gasteiger partial charge < -0.3 is 10.1 Å². The van der Waals surface area contributed by atoms with Crippen LogP contribution >= 0.6 is 15.9 Å². The molecule has 0 saturated carbocycles. The molecule has 0 spiro atoms. The van der Waals surface area contributed by atoms with E-state index in [4.69, 9.17) is 4.74 Å². The third kappa shape index (κ3) is 5.01. The second kappa shape index (κ2) is 9.37. The third-order valence-corrected chi connectivity index (χ3v) is 5.39. The smallest absolute Gasteiger partial charge is 0.410 e. The molecule has 1 saturated heterocycles. The predicted octanol–water partition coefficient (Wildman–Crippen LogP) is 4.66. The van der Waals surface area contributed by atoms with Crippen LogP contribution in [0.1, 0.15) is 39.2 Å². The van der Waals surface area contributed by atoms with Crippen molar-refractivity contribution in [1.29, 1.82) is 0 Å². The van der Waals surface area contributed by atoms with Gasteiger partial charge in [0, 0.05) is 18.4 Å². The van der Waals surface area contributed by atoms with E-state index >= 15 is 0 Å². The Hall–Kier alpha value is -2.15. The van der Waals surface area contributed by atoms with E-state index in [0.29, 0.717) is 5.95 Å². The molecule has 1 amide bonds. The Morgan fingerprint density at radius 2 is 1.96 bits per heavy atom. The average molecular weight is 447 g/mol. The van der Waals surface area contributed by atoms with Crippen molar-refractivity contribution in [3.05, 3.63) is 52.8 Å². The Kier molecular flexibility index (Phi) is 6.88. The topological polar surface area (TPSA) is 67.4 Å². The first-order valence-corrected chi connectivity index (χ1v) is 10.5. The van der Waals surface area contributed by atoms with Crippen LogP contribution in [0.5, 0.6) is 0 Å². The van der Waals surface area contributed by atoms with Gasteiger partial charge in [-0.15, -0.1) is 0 Å². The fourth-order valence-electron chi connectivity index (χ4n) is 3.74. The van der Waals surface area contributed by atoms with E-state index in [1.54, 1.807) is 12.4 Å². The number of amides is 1. The number of carbonyl (C=O) groups is 1. The highest BCUT2D eigenvalue weighted by Gasteiger charge is 2.44. The van der Waals surface area contributed by atoms with Gasteiger partial charge in [0.1, 0.15) is 0 Å². The molecule has 1 aliphatic heterocycles. The van der Waals surface area contributed by atoms with Gasteiger partial charge in [-0.25, -0.2) is 14.8 Å². The van der Waals surface area contributed by atoms with Crippen molar-refractivity contribution >= 4 is 28.0 Å². The van der Waals surface area contributed by atoms with Crippen LogP contribution in [0.25, 0.3) is 0 Å². The summed E-state index contributed by atoms with van der Waals surface area (Å²) in [5.74, 6) is 0.570. The van der Waals surface area contributed by atoms with Gasteiger partial charge in [-0.1, -0.05) is 37.3 Å². The van der Waals surface area contributed by atoms with Crippen LogP contribution in [-0.4, -0.2) is 45.2 Å². The lowest BCUT2D eigenvalue weighted by molar-refractivity contribution is 0.0600. The normalized spacial score (nSPS) is 21.8. The summed E-state index contributed by atoms with van der Waals surface area (Å²) in [6.07, 6.45) is 5.50. The summed E-state index contributed by atoms with van der Waals surface area (Å²) in [5, 5.41) is 3.45. The first-order chi connectivity index (χ1) is 13.5. The highest BCUT2D eigenvalue weighted by molar-refractivity contribution is 9.10. The first-order valence-electron chi connectivity index (χ1n) is 9.74. The molecule has 3 rings (SSSR count). The minimum atomic E-state index is -0.246. The summed E-state index contributed by atoms with van der Waals surface area (Å²) < 4.78 is 6.40. The molecule has 1 N–H and O–H groups in total. The second-order valence-corrected chi connectivity index (χ2v) is 8.29. The zero-order valence-corrected chi connectivity index (χ0v) is 18.1. The summed E-state index contributed by atoms with van der Waals surface area (Å²) in [6.45, 7) is 5.87. The highest BCUT2D eigenvalue weighted by atomic mass is 79.9. The van der Waals surface area contributed by atoms with Crippen LogP contribution in [0.2, 0.25) is 0 Å². The van der Waals surface area contributed by atoms with Crippen LogP contribution in [0.3, 0.4) is 0 Å². The average Bonchev–Trinajstić information content (AvgIpc) is 3.01. The number of hydrogen-bond donors (Lipinski definition) is 1. The van der Waals surface area contributed by atoms with Gasteiger partial charge in [-0.05, 0) is 54.6 Å². The molecule has 1 aromatic heterocycles. The Balaban J connectivity index is 1.87. The maximum absolute atomic E-state index is 12.9. The molecule has 3 unspecified atom stereocenters. The minimum absolute atomic E-state index is 0.0363. The van der Waals surface area contributed by atoms with Gasteiger partial charge in [-0.3, -0.25) is 4.90 Å². The Morgan fingerprint density at radius 3 is 2.57 bits per heavy atom. The van der Waals surface area contributed by atoms with E-state index in [1.165, 1.54) is 5.56 Å². The van der Waals surface area contributed by atoms with Crippen LogP contribution in [0.4, 0.5) is 10.7 Å². The molecule has 150 valence electrons. The molecule has 2 heterocycles. The monoisotopic (exact) mass is 446 g/mol. The maximum atomic E-state index is 12.9. The number of carbonyl (C=O) groups excluding carboxylic acids is 1. The van der Waals surface area contributed by atoms with E-state index in [-0.39, 0.29) is 30.3 Å². The maximum Gasteiger partial charge on any atom is 0.410 e. The molecule has 0 aliphatic carbocycles. The molecule has 6 nitrogen and oxygen atoms in total. The molecule has 0 bridgehead atoms. The van der Waals surface area contributed by atoms with Crippen molar-refractivity contribution in [3.8, 4) is 0 Å². The lowest BCUT2D eigenvalue weighted by atomic mass is 10.00. The molecule has 1 fully saturated rings. The van der Waals surface area contributed by atoms with Gasteiger partial charge in [0.05, 0.1) is 22.7 Å². The van der Waals surface area contributed by atoms with E-state index in [9.17, 15) is 4.79 Å². The van der Waals surface area contributed by atoms with Gasteiger partial charge in [0.2, 0.25) is 5.95 Å². The number of nitrogens with one attached hydrogen (secondary N) is 1. The lowest BCUT2D eigenvalue weighted by Crippen LogP contribution is -2.46. The van der Waals surface area contributed by atoms with E-state index in [2.05, 4.69) is 50.3 Å². The van der Waals surface area contributed by atoms with Gasteiger partial charge in [-0.2, -0.15) is 0 Å². The lowest BCUT2D eigenvalue weighted by Gasteiger charge is -2.31. The van der Waals surface area contributed by atoms with Crippen molar-refractivity contribution < 1.29 is 9.53 Å². The minimum Gasteiger partial charge on any atom is -0.447 e. The number of halogens is 1. The van der Waals surface area contributed by atoms with Crippen LogP contribution in [0, 0.1) is 0 Å². The number of aromatic nitrogens is 2. The first kappa shape index (κ1) is 20.6. The second-order valence-electron chi connectivity index (χ2n) is 7.37. The van der Waals surface area contributed by atoms with Gasteiger partial charge in [0.15, 0.2) is 0 Å². The quantitative estimate of drug-likeness (QED) is 0.698. The van der Waals surface area contributed by atoms with Crippen molar-refractivity contribution in [3.63, 3.8) is 0 Å². The number of nitrogens with zero attached hydrogens (tertiary/aromatic N) is 3. The van der Waals surface area contributed by atoms with Crippen molar-refractivity contribution in [2.75, 3.05) is 5.32 Å². The fraction of sp³-hybridized carbons (Fsp3) is 0.476. The number of benzene rings is 1. The van der Waals surface area contributed by atoms with Gasteiger partial charge >= 0.3 is 6.09 Å². The summed E-state index contributed by atoms with van der Waals surface area (Å²) in [5.41, 5.74) is 1.19. The van der Waals surface area contributed by atoms with Crippen LogP contribution < -0.4 is 5.32 Å². The number of likely N-dealkylation sites (tertiary alicyclic amines) is 1. The Bertz CT molecular complexity index is 770. The Morgan fingerprint density at radius 1 is 1.29 bits per heavy atom. The van der Waals surface area contributed by atoms with Crippen molar-refractivity contribution in [2.45, 2.75) is 64.3 Å². The molecular weight excluding hydrogens is 420 g/mol. The standard InChI is InChI=1S/C21H27BrN4O2/c1-4-17-11-18(25-20-23-12-16(22)13-24-20)19(10-15-8-6-5-7-9-15)26(17)21(27)28-14(2)3/h5-9,12-14,17-19H,4,10-11H2,1-3H3,(H,23,24,25). The number of rotatable bonds is 6. The fourth-order valence-corrected chi connectivity index (χ4v) is 3.95. The summed E-state index contributed by atoms with van der Waals surface area (Å²) in [4.78, 5) is 23.5. The van der Waals surface area contributed by atoms with Crippen molar-refractivity contribution in [1.82, 2.24) is 14.9 Å². The van der Waals surface area contributed by atoms with Crippen molar-refractivity contribution in [2.24, 2.45) is 0 Å². The molecule has 2 aromatic rings. The molecule has 1 aliphatic rings. The third-order valence-electron chi connectivity index (χ3n) is 4.98.